The molecule has 1 heterocycles. The monoisotopic (exact) mass is 354 g/mol. The predicted molar refractivity (Wildman–Crippen MR) is 110 cm³/mol. The molecule has 0 bridgehead atoms. The highest BCUT2D eigenvalue weighted by Gasteiger charge is 2.21. The standard InChI is InChI=1S/C24H22N2O/c1-16-10-12-19(13-11-16)22-24(27)23(20-8-4-6-17(2)14-20)26(25-22)21-9-5-7-18(3)15-21/h4-15,27H,1-3H3. The molecule has 134 valence electrons. The maximum absolute atomic E-state index is 11.1. The first-order valence-corrected chi connectivity index (χ1v) is 9.06. The molecule has 3 heteroatoms. The Morgan fingerprint density at radius 2 is 1.37 bits per heavy atom. The smallest absolute Gasteiger partial charge is 0.170 e. The average Bonchev–Trinajstić information content (AvgIpc) is 3.00. The first kappa shape index (κ1) is 17.1. The van der Waals surface area contributed by atoms with Crippen LogP contribution in [0.3, 0.4) is 0 Å². The Morgan fingerprint density at radius 3 is 2.04 bits per heavy atom. The molecular formula is C24H22N2O. The topological polar surface area (TPSA) is 38.0 Å². The lowest BCUT2D eigenvalue weighted by Gasteiger charge is -2.09. The number of aromatic nitrogens is 2. The Kier molecular flexibility index (Phi) is 4.28. The summed E-state index contributed by atoms with van der Waals surface area (Å²) in [7, 11) is 0. The highest BCUT2D eigenvalue weighted by Crippen LogP contribution is 2.39. The summed E-state index contributed by atoms with van der Waals surface area (Å²) in [5, 5.41) is 15.9. The van der Waals surface area contributed by atoms with Crippen molar-refractivity contribution in [3.05, 3.63) is 89.5 Å². The molecule has 1 N–H and O–H groups in total. The number of aromatic hydroxyl groups is 1. The van der Waals surface area contributed by atoms with Gasteiger partial charge in [-0.05, 0) is 44.5 Å². The minimum Gasteiger partial charge on any atom is -0.504 e. The minimum absolute atomic E-state index is 0.200. The van der Waals surface area contributed by atoms with Crippen molar-refractivity contribution in [2.24, 2.45) is 0 Å². The Bertz CT molecular complexity index is 1110. The van der Waals surface area contributed by atoms with Crippen LogP contribution in [0.4, 0.5) is 0 Å². The molecule has 4 aromatic rings. The summed E-state index contributed by atoms with van der Waals surface area (Å²) >= 11 is 0. The molecule has 4 rings (SSSR count). The second kappa shape index (κ2) is 6.76. The molecule has 27 heavy (non-hydrogen) atoms. The van der Waals surface area contributed by atoms with Gasteiger partial charge in [-0.2, -0.15) is 5.10 Å². The maximum Gasteiger partial charge on any atom is 0.170 e. The van der Waals surface area contributed by atoms with Gasteiger partial charge in [0.05, 0.1) is 5.69 Å². The lowest BCUT2D eigenvalue weighted by molar-refractivity contribution is 0.479. The van der Waals surface area contributed by atoms with E-state index in [0.29, 0.717) is 11.4 Å². The van der Waals surface area contributed by atoms with Gasteiger partial charge in [0.15, 0.2) is 5.75 Å². The lowest BCUT2D eigenvalue weighted by atomic mass is 10.0. The van der Waals surface area contributed by atoms with Crippen LogP contribution in [-0.2, 0) is 0 Å². The summed E-state index contributed by atoms with van der Waals surface area (Å²) in [6.07, 6.45) is 0. The van der Waals surface area contributed by atoms with Crippen LogP contribution in [0.15, 0.2) is 72.8 Å². The number of nitrogens with zero attached hydrogens (tertiary/aromatic N) is 2. The molecule has 0 spiro atoms. The molecule has 3 nitrogen and oxygen atoms in total. The Morgan fingerprint density at radius 1 is 0.704 bits per heavy atom. The van der Waals surface area contributed by atoms with Gasteiger partial charge >= 0.3 is 0 Å². The summed E-state index contributed by atoms with van der Waals surface area (Å²) in [4.78, 5) is 0. The van der Waals surface area contributed by atoms with Gasteiger partial charge in [-0.3, -0.25) is 0 Å². The highest BCUT2D eigenvalue weighted by molar-refractivity contribution is 5.79. The largest absolute Gasteiger partial charge is 0.504 e. The SMILES string of the molecule is Cc1ccc(-c2nn(-c3cccc(C)c3)c(-c3cccc(C)c3)c2O)cc1. The van der Waals surface area contributed by atoms with E-state index in [4.69, 9.17) is 5.10 Å². The third kappa shape index (κ3) is 3.24. The molecule has 0 radical (unpaired) electrons. The third-order valence-electron chi connectivity index (χ3n) is 4.72. The number of rotatable bonds is 3. The number of benzene rings is 3. The first-order valence-electron chi connectivity index (χ1n) is 9.06. The lowest BCUT2D eigenvalue weighted by Crippen LogP contribution is -1.99. The van der Waals surface area contributed by atoms with Crippen LogP contribution in [0.2, 0.25) is 0 Å². The van der Waals surface area contributed by atoms with Gasteiger partial charge in [0.2, 0.25) is 0 Å². The Balaban J connectivity index is 1.99. The van der Waals surface area contributed by atoms with Gasteiger partial charge in [0.1, 0.15) is 11.4 Å². The van der Waals surface area contributed by atoms with Crippen molar-refractivity contribution in [1.29, 1.82) is 0 Å². The van der Waals surface area contributed by atoms with Crippen LogP contribution in [0.1, 0.15) is 16.7 Å². The summed E-state index contributed by atoms with van der Waals surface area (Å²) < 4.78 is 1.84. The van der Waals surface area contributed by atoms with Gasteiger partial charge in [-0.15, -0.1) is 0 Å². The van der Waals surface area contributed by atoms with E-state index in [1.807, 2.05) is 60.1 Å². The molecule has 0 aliphatic heterocycles. The minimum atomic E-state index is 0.200. The summed E-state index contributed by atoms with van der Waals surface area (Å²) in [6, 6.07) is 24.3. The molecule has 3 aromatic carbocycles. The Hall–Kier alpha value is -3.33. The maximum atomic E-state index is 11.1. The van der Waals surface area contributed by atoms with E-state index in [9.17, 15) is 5.11 Å². The first-order chi connectivity index (χ1) is 13.0. The van der Waals surface area contributed by atoms with E-state index >= 15 is 0 Å². The number of aryl methyl sites for hydroxylation is 3. The van der Waals surface area contributed by atoms with Crippen molar-refractivity contribution in [3.63, 3.8) is 0 Å². The zero-order chi connectivity index (χ0) is 19.0. The molecule has 0 aliphatic rings. The molecule has 0 aliphatic carbocycles. The molecule has 0 atom stereocenters. The van der Waals surface area contributed by atoms with Gasteiger partial charge < -0.3 is 5.11 Å². The van der Waals surface area contributed by atoms with E-state index in [1.165, 1.54) is 5.56 Å². The van der Waals surface area contributed by atoms with E-state index in [2.05, 4.69) is 38.1 Å². The zero-order valence-electron chi connectivity index (χ0n) is 15.8. The second-order valence-corrected chi connectivity index (χ2v) is 7.03. The molecule has 0 unspecified atom stereocenters. The summed E-state index contributed by atoms with van der Waals surface area (Å²) in [6.45, 7) is 6.15. The van der Waals surface area contributed by atoms with Crippen LogP contribution in [0, 0.1) is 20.8 Å². The van der Waals surface area contributed by atoms with Crippen molar-refractivity contribution >= 4 is 0 Å². The molecular weight excluding hydrogens is 332 g/mol. The quantitative estimate of drug-likeness (QED) is 0.502. The van der Waals surface area contributed by atoms with Crippen molar-refractivity contribution < 1.29 is 5.11 Å². The summed E-state index contributed by atoms with van der Waals surface area (Å²) in [5.41, 5.74) is 7.54. The van der Waals surface area contributed by atoms with Crippen LogP contribution < -0.4 is 0 Å². The molecule has 0 saturated heterocycles. The van der Waals surface area contributed by atoms with E-state index < -0.39 is 0 Å². The van der Waals surface area contributed by atoms with Crippen molar-refractivity contribution in [2.45, 2.75) is 20.8 Å². The van der Waals surface area contributed by atoms with Gasteiger partial charge in [0, 0.05) is 11.1 Å². The fourth-order valence-corrected chi connectivity index (χ4v) is 3.31. The van der Waals surface area contributed by atoms with Gasteiger partial charge in [0.25, 0.3) is 0 Å². The van der Waals surface area contributed by atoms with Gasteiger partial charge in [-0.1, -0.05) is 65.7 Å². The number of hydrogen-bond acceptors (Lipinski definition) is 2. The van der Waals surface area contributed by atoms with Crippen LogP contribution in [-0.4, -0.2) is 14.9 Å². The third-order valence-corrected chi connectivity index (χ3v) is 4.72. The van der Waals surface area contributed by atoms with Crippen molar-refractivity contribution in [3.8, 4) is 34.0 Å². The highest BCUT2D eigenvalue weighted by atomic mass is 16.3. The predicted octanol–water partition coefficient (Wildman–Crippen LogP) is 5.84. The van der Waals surface area contributed by atoms with Crippen LogP contribution in [0.25, 0.3) is 28.2 Å². The molecule has 0 fully saturated rings. The zero-order valence-corrected chi connectivity index (χ0v) is 15.8. The normalized spacial score (nSPS) is 10.9. The van der Waals surface area contributed by atoms with Crippen molar-refractivity contribution in [2.75, 3.05) is 0 Å². The van der Waals surface area contributed by atoms with E-state index in [0.717, 1.165) is 27.9 Å². The van der Waals surface area contributed by atoms with Crippen LogP contribution >= 0.6 is 0 Å². The fraction of sp³-hybridized carbons (Fsp3) is 0.125. The molecule has 0 amide bonds. The molecule has 1 aromatic heterocycles. The fourth-order valence-electron chi connectivity index (χ4n) is 3.31. The number of hydrogen-bond donors (Lipinski definition) is 1. The van der Waals surface area contributed by atoms with Crippen molar-refractivity contribution in [1.82, 2.24) is 9.78 Å². The van der Waals surface area contributed by atoms with Crippen LogP contribution in [0.5, 0.6) is 5.75 Å². The second-order valence-electron chi connectivity index (χ2n) is 7.03. The van der Waals surface area contributed by atoms with E-state index in [1.54, 1.807) is 0 Å². The van der Waals surface area contributed by atoms with Gasteiger partial charge in [-0.25, -0.2) is 4.68 Å². The summed E-state index contributed by atoms with van der Waals surface area (Å²) in [5.74, 6) is 0.200. The van der Waals surface area contributed by atoms with E-state index in [-0.39, 0.29) is 5.75 Å². The average molecular weight is 354 g/mol. The Labute approximate surface area is 159 Å². The molecule has 0 saturated carbocycles.